The lowest BCUT2D eigenvalue weighted by molar-refractivity contribution is -0.274. The molecule has 0 radical (unpaired) electrons. The molecule has 1 saturated heterocycles. The second-order valence-corrected chi connectivity index (χ2v) is 5.34. The van der Waals surface area contributed by atoms with Crippen LogP contribution in [0, 0.1) is 0 Å². The van der Waals surface area contributed by atoms with Crippen molar-refractivity contribution in [3.05, 3.63) is 24.3 Å². The summed E-state index contributed by atoms with van der Waals surface area (Å²) in [6.07, 6.45) is -1.61. The number of amides is 1. The zero-order valence-corrected chi connectivity index (χ0v) is 13.0. The number of guanidine groups is 1. The minimum Gasteiger partial charge on any atom is -0.406 e. The number of likely N-dealkylation sites (tertiary alicyclic amines) is 1. The number of aliphatic imine (C=N–C) groups is 1. The number of hydrogen-bond donors (Lipinski definition) is 2. The molecule has 1 amide bonds. The van der Waals surface area contributed by atoms with E-state index in [1.54, 1.807) is 4.90 Å². The monoisotopic (exact) mass is 344 g/mol. The Morgan fingerprint density at radius 2 is 1.83 bits per heavy atom. The predicted molar refractivity (Wildman–Crippen MR) is 83.7 cm³/mol. The van der Waals surface area contributed by atoms with Gasteiger partial charge in [-0.25, -0.2) is 4.99 Å². The molecule has 6 nitrogen and oxygen atoms in total. The predicted octanol–water partition coefficient (Wildman–Crippen LogP) is 2.32. The van der Waals surface area contributed by atoms with Gasteiger partial charge in [0.1, 0.15) is 12.3 Å². The number of rotatable bonds is 4. The van der Waals surface area contributed by atoms with Crippen molar-refractivity contribution in [3.63, 3.8) is 0 Å². The number of hydrogen-bond acceptors (Lipinski definition) is 3. The van der Waals surface area contributed by atoms with E-state index < -0.39 is 6.36 Å². The Morgan fingerprint density at radius 1 is 1.21 bits per heavy atom. The largest absolute Gasteiger partial charge is 0.573 e. The van der Waals surface area contributed by atoms with Gasteiger partial charge in [0, 0.05) is 18.8 Å². The number of alkyl halides is 3. The molecule has 1 aliphatic heterocycles. The van der Waals surface area contributed by atoms with Gasteiger partial charge in [-0.3, -0.25) is 4.79 Å². The number of benzene rings is 1. The molecule has 0 unspecified atom stereocenters. The van der Waals surface area contributed by atoms with Gasteiger partial charge in [0.2, 0.25) is 5.91 Å². The maximum Gasteiger partial charge on any atom is 0.573 e. The summed E-state index contributed by atoms with van der Waals surface area (Å²) in [7, 11) is 0. The third-order valence-electron chi connectivity index (χ3n) is 3.45. The van der Waals surface area contributed by atoms with Crippen LogP contribution in [0.3, 0.4) is 0 Å². The van der Waals surface area contributed by atoms with Crippen molar-refractivity contribution < 1.29 is 22.7 Å². The molecular weight excluding hydrogens is 325 g/mol. The van der Waals surface area contributed by atoms with E-state index in [1.807, 2.05) is 0 Å². The number of halogens is 3. The molecule has 1 fully saturated rings. The van der Waals surface area contributed by atoms with Crippen molar-refractivity contribution in [1.29, 1.82) is 0 Å². The number of nitrogens with zero attached hydrogens (tertiary/aromatic N) is 2. The van der Waals surface area contributed by atoms with Crippen molar-refractivity contribution in [2.75, 3.05) is 25.0 Å². The van der Waals surface area contributed by atoms with E-state index in [0.29, 0.717) is 5.69 Å². The van der Waals surface area contributed by atoms with Crippen molar-refractivity contribution in [2.45, 2.75) is 25.6 Å². The van der Waals surface area contributed by atoms with Gasteiger partial charge < -0.3 is 20.7 Å². The number of ether oxygens (including phenoxy) is 1. The smallest absolute Gasteiger partial charge is 0.406 e. The van der Waals surface area contributed by atoms with Crippen LogP contribution in [0.2, 0.25) is 0 Å². The van der Waals surface area contributed by atoms with Gasteiger partial charge in [0.25, 0.3) is 0 Å². The zero-order chi connectivity index (χ0) is 17.6. The van der Waals surface area contributed by atoms with Gasteiger partial charge in [-0.15, -0.1) is 13.2 Å². The van der Waals surface area contributed by atoms with Gasteiger partial charge in [-0.05, 0) is 43.5 Å². The highest BCUT2D eigenvalue weighted by Gasteiger charge is 2.30. The van der Waals surface area contributed by atoms with Crippen LogP contribution in [0.15, 0.2) is 29.3 Å². The molecule has 0 aliphatic carbocycles. The summed E-state index contributed by atoms with van der Waals surface area (Å²) >= 11 is 0. The number of nitrogens with one attached hydrogen (secondary N) is 1. The molecule has 2 rings (SSSR count). The van der Waals surface area contributed by atoms with Crippen LogP contribution in [0.4, 0.5) is 18.9 Å². The molecule has 1 aliphatic rings. The lowest BCUT2D eigenvalue weighted by atomic mass is 10.1. The van der Waals surface area contributed by atoms with E-state index >= 15 is 0 Å². The second kappa shape index (κ2) is 7.89. The molecule has 1 aromatic carbocycles. The summed E-state index contributed by atoms with van der Waals surface area (Å²) in [5.74, 6) is -0.401. The van der Waals surface area contributed by atoms with Gasteiger partial charge in [-0.1, -0.05) is 0 Å². The van der Waals surface area contributed by atoms with E-state index in [9.17, 15) is 18.0 Å². The van der Waals surface area contributed by atoms with Crippen LogP contribution in [-0.2, 0) is 4.79 Å². The first kappa shape index (κ1) is 17.9. The highest BCUT2D eigenvalue weighted by atomic mass is 19.4. The third kappa shape index (κ3) is 5.98. The lowest BCUT2D eigenvalue weighted by Gasteiger charge is -2.26. The van der Waals surface area contributed by atoms with Gasteiger partial charge >= 0.3 is 6.36 Å². The Kier molecular flexibility index (Phi) is 5.88. The number of carbonyl (C=O) groups excluding carboxylic acids is 1. The molecule has 0 spiro atoms. The Morgan fingerprint density at radius 3 is 2.42 bits per heavy atom. The molecule has 1 aromatic rings. The Hall–Kier alpha value is -2.45. The molecule has 1 heterocycles. The maximum absolute atomic E-state index is 12.1. The highest BCUT2D eigenvalue weighted by molar-refractivity contribution is 5.93. The molecule has 132 valence electrons. The summed E-state index contributed by atoms with van der Waals surface area (Å²) in [6.45, 7) is 1.42. The Bertz CT molecular complexity index is 581. The molecule has 0 aromatic heterocycles. The van der Waals surface area contributed by atoms with Crippen LogP contribution < -0.4 is 15.8 Å². The van der Waals surface area contributed by atoms with Crippen LogP contribution >= 0.6 is 0 Å². The summed E-state index contributed by atoms with van der Waals surface area (Å²) in [6, 6.07) is 5.05. The van der Waals surface area contributed by atoms with Gasteiger partial charge in [0.05, 0.1) is 0 Å². The van der Waals surface area contributed by atoms with Gasteiger partial charge in [0.15, 0.2) is 5.96 Å². The fourth-order valence-corrected chi connectivity index (χ4v) is 2.32. The Balaban J connectivity index is 1.84. The SMILES string of the molecule is NC(=NCC(=O)N1CCCCC1)Nc1ccc(OC(F)(F)F)cc1. The third-order valence-corrected chi connectivity index (χ3v) is 3.45. The molecule has 0 saturated carbocycles. The number of nitrogens with two attached hydrogens (primary N) is 1. The van der Waals surface area contributed by atoms with Crippen molar-refractivity contribution >= 4 is 17.6 Å². The summed E-state index contributed by atoms with van der Waals surface area (Å²) in [4.78, 5) is 17.7. The molecule has 0 bridgehead atoms. The van der Waals surface area contributed by atoms with Crippen molar-refractivity contribution in [1.82, 2.24) is 4.90 Å². The first-order valence-corrected chi connectivity index (χ1v) is 7.54. The number of piperidine rings is 1. The standard InChI is InChI=1S/C15H19F3N4O2/c16-15(17,18)24-12-6-4-11(5-7-12)21-14(19)20-10-13(23)22-8-2-1-3-9-22/h4-7H,1-3,8-10H2,(H3,19,20,21). The fourth-order valence-electron chi connectivity index (χ4n) is 2.32. The number of carbonyl (C=O) groups is 1. The second-order valence-electron chi connectivity index (χ2n) is 5.34. The lowest BCUT2D eigenvalue weighted by Crippen LogP contribution is -2.37. The first-order valence-electron chi connectivity index (χ1n) is 7.54. The van der Waals surface area contributed by atoms with E-state index in [2.05, 4.69) is 15.0 Å². The topological polar surface area (TPSA) is 80.0 Å². The van der Waals surface area contributed by atoms with Crippen LogP contribution in [0.5, 0.6) is 5.75 Å². The van der Waals surface area contributed by atoms with Gasteiger partial charge in [-0.2, -0.15) is 0 Å². The van der Waals surface area contributed by atoms with Crippen LogP contribution in [0.1, 0.15) is 19.3 Å². The minimum absolute atomic E-state index is 0.0184. The van der Waals surface area contributed by atoms with E-state index in [0.717, 1.165) is 44.5 Å². The fraction of sp³-hybridized carbons (Fsp3) is 0.467. The highest BCUT2D eigenvalue weighted by Crippen LogP contribution is 2.23. The normalized spacial score (nSPS) is 16.0. The quantitative estimate of drug-likeness (QED) is 0.649. The molecule has 9 heteroatoms. The molecular formula is C15H19F3N4O2. The average molecular weight is 344 g/mol. The van der Waals surface area contributed by atoms with Crippen LogP contribution in [-0.4, -0.2) is 42.8 Å². The molecule has 3 N–H and O–H groups in total. The molecule has 0 atom stereocenters. The van der Waals surface area contributed by atoms with Crippen molar-refractivity contribution in [3.8, 4) is 5.75 Å². The van der Waals surface area contributed by atoms with E-state index in [4.69, 9.17) is 5.73 Å². The van der Waals surface area contributed by atoms with Crippen LogP contribution in [0.25, 0.3) is 0 Å². The summed E-state index contributed by atoms with van der Waals surface area (Å²) in [5, 5.41) is 2.71. The van der Waals surface area contributed by atoms with E-state index in [1.165, 1.54) is 12.1 Å². The summed E-state index contributed by atoms with van der Waals surface area (Å²) < 4.78 is 40.0. The van der Waals surface area contributed by atoms with Crippen molar-refractivity contribution in [2.24, 2.45) is 10.7 Å². The average Bonchev–Trinajstić information content (AvgIpc) is 2.54. The Labute approximate surface area is 137 Å². The zero-order valence-electron chi connectivity index (χ0n) is 13.0. The molecule has 24 heavy (non-hydrogen) atoms. The number of anilines is 1. The maximum atomic E-state index is 12.1. The first-order chi connectivity index (χ1) is 11.3. The van der Waals surface area contributed by atoms with E-state index in [-0.39, 0.29) is 24.2 Å². The summed E-state index contributed by atoms with van der Waals surface area (Å²) in [5.41, 5.74) is 6.12. The minimum atomic E-state index is -4.73.